The third-order valence-electron chi connectivity index (χ3n) is 1.77. The molecule has 0 aliphatic carbocycles. The lowest BCUT2D eigenvalue weighted by Gasteiger charge is -2.19. The quantitative estimate of drug-likeness (QED) is 0.645. The summed E-state index contributed by atoms with van der Waals surface area (Å²) in [6.45, 7) is 6.52. The standard InChI is InChI=1S/C11H14Cl2/c1-11(2,3)7-8-9(12)5-4-6-10(8)13/h4-6H,7H2,1-3H3. The van der Waals surface area contributed by atoms with Gasteiger partial charge in [0, 0.05) is 10.0 Å². The van der Waals surface area contributed by atoms with Crippen molar-refractivity contribution >= 4 is 23.2 Å². The summed E-state index contributed by atoms with van der Waals surface area (Å²) in [5.74, 6) is 0. The summed E-state index contributed by atoms with van der Waals surface area (Å²) in [6, 6.07) is 5.64. The Morgan fingerprint density at radius 1 is 1.08 bits per heavy atom. The van der Waals surface area contributed by atoms with E-state index in [1.165, 1.54) is 0 Å². The monoisotopic (exact) mass is 216 g/mol. The normalized spacial score (nSPS) is 11.8. The van der Waals surface area contributed by atoms with Crippen molar-refractivity contribution in [3.8, 4) is 0 Å². The molecule has 13 heavy (non-hydrogen) atoms. The van der Waals surface area contributed by atoms with Gasteiger partial charge in [-0.3, -0.25) is 0 Å². The van der Waals surface area contributed by atoms with Gasteiger partial charge in [-0.1, -0.05) is 50.0 Å². The van der Waals surface area contributed by atoms with Gasteiger partial charge in [0.2, 0.25) is 0 Å². The van der Waals surface area contributed by atoms with Crippen molar-refractivity contribution in [2.45, 2.75) is 27.2 Å². The lowest BCUT2D eigenvalue weighted by atomic mass is 9.88. The average molecular weight is 217 g/mol. The molecule has 0 fully saturated rings. The second-order valence-electron chi connectivity index (χ2n) is 4.44. The third kappa shape index (κ3) is 3.21. The number of hydrogen-bond donors (Lipinski definition) is 0. The van der Waals surface area contributed by atoms with Crippen molar-refractivity contribution in [3.05, 3.63) is 33.8 Å². The molecule has 2 heteroatoms. The summed E-state index contributed by atoms with van der Waals surface area (Å²) in [5.41, 5.74) is 1.27. The molecule has 1 rings (SSSR count). The van der Waals surface area contributed by atoms with Gasteiger partial charge in [0.25, 0.3) is 0 Å². The highest BCUT2D eigenvalue weighted by Gasteiger charge is 2.15. The van der Waals surface area contributed by atoms with Gasteiger partial charge in [-0.2, -0.15) is 0 Å². The first kappa shape index (κ1) is 10.9. The third-order valence-corrected chi connectivity index (χ3v) is 2.48. The van der Waals surface area contributed by atoms with Gasteiger partial charge in [-0.15, -0.1) is 0 Å². The van der Waals surface area contributed by atoms with E-state index < -0.39 is 0 Å². The molecule has 0 spiro atoms. The van der Waals surface area contributed by atoms with E-state index in [2.05, 4.69) is 20.8 Å². The van der Waals surface area contributed by atoms with Crippen LogP contribution in [0.15, 0.2) is 18.2 Å². The van der Waals surface area contributed by atoms with Crippen LogP contribution in [-0.2, 0) is 6.42 Å². The van der Waals surface area contributed by atoms with Crippen LogP contribution in [0.1, 0.15) is 26.3 Å². The molecule has 0 aromatic heterocycles. The first-order valence-corrected chi connectivity index (χ1v) is 5.09. The van der Waals surface area contributed by atoms with Crippen LogP contribution in [0.5, 0.6) is 0 Å². The Balaban J connectivity index is 3.00. The fraction of sp³-hybridized carbons (Fsp3) is 0.455. The van der Waals surface area contributed by atoms with Crippen molar-refractivity contribution in [1.29, 1.82) is 0 Å². The summed E-state index contributed by atoms with van der Waals surface area (Å²) >= 11 is 12.1. The lowest BCUT2D eigenvalue weighted by Crippen LogP contribution is -2.09. The summed E-state index contributed by atoms with van der Waals surface area (Å²) < 4.78 is 0. The number of rotatable bonds is 1. The summed E-state index contributed by atoms with van der Waals surface area (Å²) in [5, 5.41) is 1.53. The van der Waals surface area contributed by atoms with Crippen LogP contribution in [-0.4, -0.2) is 0 Å². The largest absolute Gasteiger partial charge is 0.0840 e. The molecule has 0 radical (unpaired) electrons. The van der Waals surface area contributed by atoms with Crippen LogP contribution in [0.4, 0.5) is 0 Å². The van der Waals surface area contributed by atoms with E-state index in [0.29, 0.717) is 0 Å². The van der Waals surface area contributed by atoms with Crippen molar-refractivity contribution in [1.82, 2.24) is 0 Å². The molecule has 0 unspecified atom stereocenters. The maximum Gasteiger partial charge on any atom is 0.0453 e. The second-order valence-corrected chi connectivity index (χ2v) is 5.25. The Morgan fingerprint density at radius 2 is 1.54 bits per heavy atom. The molecule has 0 saturated carbocycles. The molecule has 0 bridgehead atoms. The van der Waals surface area contributed by atoms with Crippen LogP contribution in [0.2, 0.25) is 10.0 Å². The topological polar surface area (TPSA) is 0 Å². The Kier molecular flexibility index (Phi) is 3.26. The minimum absolute atomic E-state index is 0.217. The molecule has 0 aliphatic rings. The molecule has 0 saturated heterocycles. The first-order chi connectivity index (χ1) is 5.90. The fourth-order valence-electron chi connectivity index (χ4n) is 1.23. The van der Waals surface area contributed by atoms with E-state index in [1.807, 2.05) is 18.2 Å². The van der Waals surface area contributed by atoms with Crippen LogP contribution in [0.25, 0.3) is 0 Å². The van der Waals surface area contributed by atoms with Gasteiger partial charge < -0.3 is 0 Å². The van der Waals surface area contributed by atoms with Gasteiger partial charge >= 0.3 is 0 Å². The van der Waals surface area contributed by atoms with Crippen LogP contribution >= 0.6 is 23.2 Å². The molecule has 0 amide bonds. The Morgan fingerprint density at radius 3 is 1.92 bits per heavy atom. The predicted octanol–water partition coefficient (Wildman–Crippen LogP) is 4.58. The molecular weight excluding hydrogens is 203 g/mol. The van der Waals surface area contributed by atoms with Crippen LogP contribution in [0, 0.1) is 5.41 Å². The van der Waals surface area contributed by atoms with E-state index in [9.17, 15) is 0 Å². The van der Waals surface area contributed by atoms with Crippen LogP contribution < -0.4 is 0 Å². The number of halogens is 2. The minimum Gasteiger partial charge on any atom is -0.0840 e. The molecule has 0 heterocycles. The fourth-order valence-corrected chi connectivity index (χ4v) is 1.76. The van der Waals surface area contributed by atoms with Crippen molar-refractivity contribution in [2.75, 3.05) is 0 Å². The van der Waals surface area contributed by atoms with Crippen molar-refractivity contribution < 1.29 is 0 Å². The molecule has 0 atom stereocenters. The van der Waals surface area contributed by atoms with E-state index >= 15 is 0 Å². The smallest absolute Gasteiger partial charge is 0.0453 e. The predicted molar refractivity (Wildman–Crippen MR) is 59.6 cm³/mol. The van der Waals surface area contributed by atoms with Gasteiger partial charge in [-0.05, 0) is 29.5 Å². The highest BCUT2D eigenvalue weighted by atomic mass is 35.5. The minimum atomic E-state index is 0.217. The SMILES string of the molecule is CC(C)(C)Cc1c(Cl)cccc1Cl. The molecule has 0 aliphatic heterocycles. The average Bonchev–Trinajstić information content (AvgIpc) is 1.95. The molecule has 1 aromatic carbocycles. The summed E-state index contributed by atoms with van der Waals surface area (Å²) in [7, 11) is 0. The van der Waals surface area contributed by atoms with Crippen molar-refractivity contribution in [2.24, 2.45) is 5.41 Å². The lowest BCUT2D eigenvalue weighted by molar-refractivity contribution is 0.411. The van der Waals surface area contributed by atoms with E-state index in [0.717, 1.165) is 22.0 Å². The second kappa shape index (κ2) is 3.89. The van der Waals surface area contributed by atoms with Gasteiger partial charge in [0.15, 0.2) is 0 Å². The zero-order valence-corrected chi connectivity index (χ0v) is 9.71. The zero-order valence-electron chi connectivity index (χ0n) is 8.20. The summed E-state index contributed by atoms with van der Waals surface area (Å²) in [6.07, 6.45) is 0.908. The van der Waals surface area contributed by atoms with E-state index in [4.69, 9.17) is 23.2 Å². The molecule has 0 N–H and O–H groups in total. The van der Waals surface area contributed by atoms with E-state index in [1.54, 1.807) is 0 Å². The summed E-state index contributed by atoms with van der Waals surface area (Å²) in [4.78, 5) is 0. The van der Waals surface area contributed by atoms with Crippen LogP contribution in [0.3, 0.4) is 0 Å². The zero-order chi connectivity index (χ0) is 10.1. The molecule has 1 aromatic rings. The van der Waals surface area contributed by atoms with Gasteiger partial charge in [-0.25, -0.2) is 0 Å². The Labute approximate surface area is 89.9 Å². The van der Waals surface area contributed by atoms with Gasteiger partial charge in [0.05, 0.1) is 0 Å². The molecule has 0 nitrogen and oxygen atoms in total. The maximum absolute atomic E-state index is 6.05. The van der Waals surface area contributed by atoms with Crippen molar-refractivity contribution in [3.63, 3.8) is 0 Å². The molecule has 72 valence electrons. The Bertz CT molecular complexity index is 277. The van der Waals surface area contributed by atoms with E-state index in [-0.39, 0.29) is 5.41 Å². The highest BCUT2D eigenvalue weighted by molar-refractivity contribution is 6.35. The first-order valence-electron chi connectivity index (χ1n) is 4.33. The highest BCUT2D eigenvalue weighted by Crippen LogP contribution is 2.30. The maximum atomic E-state index is 6.05. The molecular formula is C11H14Cl2. The number of benzene rings is 1. The van der Waals surface area contributed by atoms with Gasteiger partial charge in [0.1, 0.15) is 0 Å². The Hall–Kier alpha value is -0.200. The number of hydrogen-bond acceptors (Lipinski definition) is 0.